The number of hydrogen-bond donors (Lipinski definition) is 1. The Kier molecular flexibility index (Phi) is 5.90. The first-order valence-electron chi connectivity index (χ1n) is 6.15. The van der Waals surface area contributed by atoms with Crippen LogP contribution < -0.4 is 5.73 Å². The second-order valence-electron chi connectivity index (χ2n) is 4.88. The van der Waals surface area contributed by atoms with Crippen LogP contribution in [0.2, 0.25) is 0 Å². The van der Waals surface area contributed by atoms with Gasteiger partial charge in [0.15, 0.2) is 0 Å². The Hall–Kier alpha value is -0.980. The number of nitrogens with zero attached hydrogens (tertiary/aromatic N) is 1. The Labute approximate surface area is 114 Å². The van der Waals surface area contributed by atoms with E-state index >= 15 is 0 Å². The maximum Gasteiger partial charge on any atom is 0.148 e. The van der Waals surface area contributed by atoms with Gasteiger partial charge in [0.25, 0.3) is 0 Å². The van der Waals surface area contributed by atoms with Crippen LogP contribution in [0.25, 0.3) is 0 Å². The fraction of sp³-hybridized carbons (Fsp3) is 0.538. The summed E-state index contributed by atoms with van der Waals surface area (Å²) in [6, 6.07) is 5.97. The summed E-state index contributed by atoms with van der Waals surface area (Å²) >= 11 is 0. The minimum absolute atomic E-state index is 0.148. The summed E-state index contributed by atoms with van der Waals surface area (Å²) in [5.41, 5.74) is 6.89. The summed E-state index contributed by atoms with van der Waals surface area (Å²) in [5, 5.41) is 0. The van der Waals surface area contributed by atoms with Crippen LogP contribution in [0.5, 0.6) is 0 Å². The number of rotatable bonds is 7. The van der Waals surface area contributed by atoms with Crippen molar-refractivity contribution in [3.63, 3.8) is 0 Å². The van der Waals surface area contributed by atoms with E-state index in [1.54, 1.807) is 12.1 Å². The van der Waals surface area contributed by atoms with Crippen LogP contribution >= 0.6 is 0 Å². The van der Waals surface area contributed by atoms with Crippen molar-refractivity contribution < 1.29 is 12.8 Å². The van der Waals surface area contributed by atoms with E-state index in [4.69, 9.17) is 5.73 Å². The van der Waals surface area contributed by atoms with E-state index in [1.165, 1.54) is 18.4 Å². The molecule has 0 aromatic heterocycles. The molecule has 0 aliphatic rings. The molecule has 0 spiro atoms. The van der Waals surface area contributed by atoms with Crippen molar-refractivity contribution in [2.45, 2.75) is 12.5 Å². The van der Waals surface area contributed by atoms with Crippen LogP contribution in [0.4, 0.5) is 4.39 Å². The Morgan fingerprint density at radius 1 is 1.26 bits per heavy atom. The smallest absolute Gasteiger partial charge is 0.148 e. The lowest BCUT2D eigenvalue weighted by Gasteiger charge is -2.19. The number of halogens is 1. The maximum absolute atomic E-state index is 12.8. The largest absolute Gasteiger partial charge is 0.324 e. The van der Waals surface area contributed by atoms with Gasteiger partial charge in [-0.15, -0.1) is 0 Å². The third-order valence-electron chi connectivity index (χ3n) is 2.96. The van der Waals surface area contributed by atoms with Gasteiger partial charge in [0.2, 0.25) is 0 Å². The predicted molar refractivity (Wildman–Crippen MR) is 75.2 cm³/mol. The zero-order valence-corrected chi connectivity index (χ0v) is 12.2. The van der Waals surface area contributed by atoms with Crippen molar-refractivity contribution in [1.29, 1.82) is 0 Å². The second-order valence-corrected chi connectivity index (χ2v) is 7.14. The summed E-state index contributed by atoms with van der Waals surface area (Å²) in [4.78, 5) is 1.93. The first kappa shape index (κ1) is 16.1. The Balaban J connectivity index is 2.37. The van der Waals surface area contributed by atoms with Crippen LogP contribution in [-0.4, -0.2) is 45.5 Å². The lowest BCUT2D eigenvalue weighted by molar-refractivity contribution is 0.335. The molecular formula is C13H21FN2O2S. The molecule has 1 aromatic rings. The Morgan fingerprint density at radius 2 is 1.84 bits per heavy atom. The fourth-order valence-corrected chi connectivity index (χ4v) is 2.31. The van der Waals surface area contributed by atoms with Crippen molar-refractivity contribution >= 4 is 9.84 Å². The molecule has 2 N–H and O–H groups in total. The molecule has 1 unspecified atom stereocenters. The van der Waals surface area contributed by atoms with Gasteiger partial charge < -0.3 is 10.6 Å². The SMILES string of the molecule is CN(CCC(N)c1ccc(F)cc1)CCS(C)(=O)=O. The van der Waals surface area contributed by atoms with Gasteiger partial charge in [0.05, 0.1) is 5.75 Å². The van der Waals surface area contributed by atoms with Crippen molar-refractivity contribution in [2.24, 2.45) is 5.73 Å². The van der Waals surface area contributed by atoms with Gasteiger partial charge in [0, 0.05) is 18.8 Å². The van der Waals surface area contributed by atoms with Crippen molar-refractivity contribution in [2.75, 3.05) is 32.1 Å². The standard InChI is InChI=1S/C13H21FN2O2S/c1-16(9-10-19(2,17)18)8-7-13(15)11-3-5-12(14)6-4-11/h3-6,13H,7-10,15H2,1-2H3. The average molecular weight is 288 g/mol. The molecule has 19 heavy (non-hydrogen) atoms. The van der Waals surface area contributed by atoms with Gasteiger partial charge >= 0.3 is 0 Å². The summed E-state index contributed by atoms with van der Waals surface area (Å²) in [5.74, 6) is -0.129. The highest BCUT2D eigenvalue weighted by Gasteiger charge is 2.09. The van der Waals surface area contributed by atoms with E-state index < -0.39 is 9.84 Å². The molecule has 1 atom stereocenters. The van der Waals surface area contributed by atoms with Gasteiger partial charge in [-0.2, -0.15) is 0 Å². The highest BCUT2D eigenvalue weighted by molar-refractivity contribution is 7.90. The number of sulfone groups is 1. The highest BCUT2D eigenvalue weighted by Crippen LogP contribution is 2.14. The lowest BCUT2D eigenvalue weighted by atomic mass is 10.0. The molecule has 0 aliphatic heterocycles. The molecule has 0 radical (unpaired) electrons. The van der Waals surface area contributed by atoms with Crippen LogP contribution in [0, 0.1) is 5.82 Å². The molecule has 6 heteroatoms. The second kappa shape index (κ2) is 6.98. The lowest BCUT2D eigenvalue weighted by Crippen LogP contribution is -2.28. The minimum Gasteiger partial charge on any atom is -0.324 e. The van der Waals surface area contributed by atoms with Gasteiger partial charge in [0.1, 0.15) is 15.7 Å². The number of hydrogen-bond acceptors (Lipinski definition) is 4. The fourth-order valence-electron chi connectivity index (χ4n) is 1.67. The van der Waals surface area contributed by atoms with Crippen molar-refractivity contribution in [1.82, 2.24) is 4.90 Å². The molecule has 0 aliphatic carbocycles. The van der Waals surface area contributed by atoms with Crippen LogP contribution in [-0.2, 0) is 9.84 Å². The molecule has 1 rings (SSSR count). The molecule has 0 saturated heterocycles. The van der Waals surface area contributed by atoms with E-state index in [0.717, 1.165) is 5.56 Å². The molecule has 0 bridgehead atoms. The zero-order valence-electron chi connectivity index (χ0n) is 11.3. The molecule has 108 valence electrons. The summed E-state index contributed by atoms with van der Waals surface area (Å²) in [7, 11) is -1.07. The Bertz CT molecular complexity index is 488. The van der Waals surface area contributed by atoms with E-state index in [-0.39, 0.29) is 17.6 Å². The molecule has 1 aromatic carbocycles. The molecule has 4 nitrogen and oxygen atoms in total. The Morgan fingerprint density at radius 3 is 2.37 bits per heavy atom. The molecular weight excluding hydrogens is 267 g/mol. The van der Waals surface area contributed by atoms with Crippen LogP contribution in [0.3, 0.4) is 0 Å². The third kappa shape index (κ3) is 6.66. The number of nitrogens with two attached hydrogens (primary N) is 1. The topological polar surface area (TPSA) is 63.4 Å². The van der Waals surface area contributed by atoms with Crippen molar-refractivity contribution in [3.05, 3.63) is 35.6 Å². The zero-order chi connectivity index (χ0) is 14.5. The van der Waals surface area contributed by atoms with Gasteiger partial charge in [-0.1, -0.05) is 12.1 Å². The maximum atomic E-state index is 12.8. The summed E-state index contributed by atoms with van der Waals surface area (Å²) < 4.78 is 34.9. The van der Waals surface area contributed by atoms with Gasteiger partial charge in [-0.25, -0.2) is 12.8 Å². The van der Waals surface area contributed by atoms with Gasteiger partial charge in [-0.05, 0) is 37.7 Å². The average Bonchev–Trinajstić information content (AvgIpc) is 2.33. The monoisotopic (exact) mass is 288 g/mol. The third-order valence-corrected chi connectivity index (χ3v) is 3.89. The molecule has 0 saturated carbocycles. The van der Waals surface area contributed by atoms with Crippen molar-refractivity contribution in [3.8, 4) is 0 Å². The van der Waals surface area contributed by atoms with E-state index in [0.29, 0.717) is 19.5 Å². The first-order chi connectivity index (χ1) is 8.78. The van der Waals surface area contributed by atoms with Crippen LogP contribution in [0.1, 0.15) is 18.0 Å². The van der Waals surface area contributed by atoms with Crippen LogP contribution in [0.15, 0.2) is 24.3 Å². The molecule has 0 heterocycles. The summed E-state index contributed by atoms with van der Waals surface area (Å²) in [6.07, 6.45) is 1.93. The first-order valence-corrected chi connectivity index (χ1v) is 8.21. The predicted octanol–water partition coefficient (Wildman–Crippen LogP) is 1.19. The normalized spacial score (nSPS) is 13.7. The summed E-state index contributed by atoms with van der Waals surface area (Å²) in [6.45, 7) is 1.20. The molecule has 0 amide bonds. The van der Waals surface area contributed by atoms with E-state index in [2.05, 4.69) is 0 Å². The van der Waals surface area contributed by atoms with Gasteiger partial charge in [-0.3, -0.25) is 0 Å². The number of benzene rings is 1. The van der Waals surface area contributed by atoms with E-state index in [9.17, 15) is 12.8 Å². The molecule has 0 fully saturated rings. The highest BCUT2D eigenvalue weighted by atomic mass is 32.2. The minimum atomic E-state index is -2.93. The van der Waals surface area contributed by atoms with E-state index in [1.807, 2.05) is 11.9 Å². The quantitative estimate of drug-likeness (QED) is 0.818.